The lowest BCUT2D eigenvalue weighted by molar-refractivity contribution is -0.158. The van der Waals surface area contributed by atoms with Crippen LogP contribution in [-0.4, -0.2) is 34.8 Å². The van der Waals surface area contributed by atoms with Crippen LogP contribution in [0.5, 0.6) is 0 Å². The van der Waals surface area contributed by atoms with Gasteiger partial charge in [0.2, 0.25) is 11.8 Å². The third-order valence-electron chi connectivity index (χ3n) is 4.88. The largest absolute Gasteiger partial charge is 0.342 e. The van der Waals surface area contributed by atoms with Crippen LogP contribution >= 0.6 is 0 Å². The molecule has 0 bridgehead atoms. The first-order chi connectivity index (χ1) is 8.93. The van der Waals surface area contributed by atoms with Gasteiger partial charge >= 0.3 is 0 Å². The Kier molecular flexibility index (Phi) is 3.88. The Morgan fingerprint density at radius 1 is 1.37 bits per heavy atom. The highest BCUT2D eigenvalue weighted by molar-refractivity contribution is 5.99. The van der Waals surface area contributed by atoms with Crippen LogP contribution in [0.3, 0.4) is 0 Å². The predicted molar refractivity (Wildman–Crippen MR) is 74.5 cm³/mol. The van der Waals surface area contributed by atoms with E-state index in [1.54, 1.807) is 0 Å². The van der Waals surface area contributed by atoms with Gasteiger partial charge in [-0.25, -0.2) is 0 Å². The molecule has 0 aromatic carbocycles. The van der Waals surface area contributed by atoms with Gasteiger partial charge in [-0.2, -0.15) is 0 Å². The number of amides is 2. The van der Waals surface area contributed by atoms with Crippen LogP contribution in [0.1, 0.15) is 53.4 Å². The predicted octanol–water partition coefficient (Wildman–Crippen LogP) is 1.94. The van der Waals surface area contributed by atoms with Gasteiger partial charge in [-0.05, 0) is 38.0 Å². The van der Waals surface area contributed by atoms with Gasteiger partial charge in [-0.15, -0.1) is 0 Å². The zero-order chi connectivity index (χ0) is 14.2. The number of carbonyl (C=O) groups excluding carboxylic acids is 2. The fourth-order valence-electron chi connectivity index (χ4n) is 2.72. The Bertz CT molecular complexity index is 378. The fraction of sp³-hybridized carbons (Fsp3) is 0.867. The van der Waals surface area contributed by atoms with Crippen LogP contribution in [0.15, 0.2) is 0 Å². The Balaban J connectivity index is 2.24. The highest BCUT2D eigenvalue weighted by atomic mass is 16.2. The average Bonchev–Trinajstić information content (AvgIpc) is 3.22. The van der Waals surface area contributed by atoms with Crippen LogP contribution in [0.4, 0.5) is 0 Å². The highest BCUT2D eigenvalue weighted by Gasteiger charge is 2.52. The van der Waals surface area contributed by atoms with Crippen molar-refractivity contribution in [1.82, 2.24) is 10.2 Å². The Morgan fingerprint density at radius 2 is 2.00 bits per heavy atom. The van der Waals surface area contributed by atoms with Crippen molar-refractivity contribution in [2.75, 3.05) is 6.54 Å². The standard InChI is InChI=1S/C15H26N2O2/c1-5-10(3)9-17-13(18)12(11-7-8-11)16-14(19)15(17,4)6-2/h10-12H,5-9H2,1-4H3,(H,16,19). The maximum absolute atomic E-state index is 12.7. The second-order valence-electron chi connectivity index (χ2n) is 6.38. The molecule has 2 fully saturated rings. The number of piperazine rings is 1. The number of nitrogens with one attached hydrogen (secondary N) is 1. The van der Waals surface area contributed by atoms with Gasteiger partial charge in [0.1, 0.15) is 11.6 Å². The highest BCUT2D eigenvalue weighted by Crippen LogP contribution is 2.37. The van der Waals surface area contributed by atoms with E-state index in [1.807, 2.05) is 18.7 Å². The van der Waals surface area contributed by atoms with E-state index in [9.17, 15) is 9.59 Å². The first-order valence-corrected chi connectivity index (χ1v) is 7.56. The Hall–Kier alpha value is -1.06. The van der Waals surface area contributed by atoms with Gasteiger partial charge in [0.25, 0.3) is 0 Å². The average molecular weight is 266 g/mol. The van der Waals surface area contributed by atoms with Crippen LogP contribution in [0, 0.1) is 11.8 Å². The van der Waals surface area contributed by atoms with Crippen LogP contribution in [0.25, 0.3) is 0 Å². The molecule has 4 nitrogen and oxygen atoms in total. The number of hydrogen-bond acceptors (Lipinski definition) is 2. The van der Waals surface area contributed by atoms with Crippen molar-refractivity contribution in [2.24, 2.45) is 11.8 Å². The SMILES string of the molecule is CCC(C)CN1C(=O)C(C2CC2)NC(=O)C1(C)CC. The molecule has 2 rings (SSSR count). The maximum atomic E-state index is 12.7. The van der Waals surface area contributed by atoms with Crippen LogP contribution < -0.4 is 5.32 Å². The van der Waals surface area contributed by atoms with E-state index < -0.39 is 5.54 Å². The smallest absolute Gasteiger partial charge is 0.246 e. The molecule has 0 radical (unpaired) electrons. The summed E-state index contributed by atoms with van der Waals surface area (Å²) in [5.41, 5.74) is -0.675. The van der Waals surface area contributed by atoms with E-state index in [2.05, 4.69) is 19.2 Å². The van der Waals surface area contributed by atoms with Crippen molar-refractivity contribution in [3.05, 3.63) is 0 Å². The lowest BCUT2D eigenvalue weighted by Gasteiger charge is -2.47. The zero-order valence-corrected chi connectivity index (χ0v) is 12.5. The molecule has 1 N–H and O–H groups in total. The van der Waals surface area contributed by atoms with Crippen molar-refractivity contribution < 1.29 is 9.59 Å². The summed E-state index contributed by atoms with van der Waals surface area (Å²) in [4.78, 5) is 27.0. The molecule has 1 aliphatic heterocycles. The van der Waals surface area contributed by atoms with E-state index in [1.165, 1.54) is 0 Å². The number of hydrogen-bond donors (Lipinski definition) is 1. The van der Waals surface area contributed by atoms with E-state index in [-0.39, 0.29) is 17.9 Å². The van der Waals surface area contributed by atoms with E-state index >= 15 is 0 Å². The van der Waals surface area contributed by atoms with Crippen molar-refractivity contribution in [3.63, 3.8) is 0 Å². The molecule has 108 valence electrons. The van der Waals surface area contributed by atoms with Gasteiger partial charge < -0.3 is 10.2 Å². The summed E-state index contributed by atoms with van der Waals surface area (Å²) in [6, 6.07) is -0.267. The molecule has 1 aliphatic carbocycles. The number of nitrogens with zero attached hydrogens (tertiary/aromatic N) is 1. The van der Waals surface area contributed by atoms with Crippen molar-refractivity contribution >= 4 is 11.8 Å². The Morgan fingerprint density at radius 3 is 2.47 bits per heavy atom. The minimum absolute atomic E-state index is 0.0230. The summed E-state index contributed by atoms with van der Waals surface area (Å²) in [6.07, 6.45) is 3.82. The topological polar surface area (TPSA) is 49.4 Å². The summed E-state index contributed by atoms with van der Waals surface area (Å²) in [7, 11) is 0. The monoisotopic (exact) mass is 266 g/mol. The molecule has 0 spiro atoms. The van der Waals surface area contributed by atoms with Gasteiger partial charge in [0.15, 0.2) is 0 Å². The maximum Gasteiger partial charge on any atom is 0.246 e. The minimum Gasteiger partial charge on any atom is -0.342 e. The van der Waals surface area contributed by atoms with E-state index in [0.29, 0.717) is 24.8 Å². The lowest BCUT2D eigenvalue weighted by Crippen LogP contribution is -2.70. The van der Waals surface area contributed by atoms with Crippen molar-refractivity contribution in [2.45, 2.75) is 65.0 Å². The van der Waals surface area contributed by atoms with Crippen LogP contribution in [-0.2, 0) is 9.59 Å². The molecular formula is C15H26N2O2. The third kappa shape index (κ3) is 2.49. The van der Waals surface area contributed by atoms with E-state index in [4.69, 9.17) is 0 Å². The van der Waals surface area contributed by atoms with Crippen molar-refractivity contribution in [3.8, 4) is 0 Å². The zero-order valence-electron chi connectivity index (χ0n) is 12.5. The molecule has 1 heterocycles. The fourth-order valence-corrected chi connectivity index (χ4v) is 2.72. The second-order valence-corrected chi connectivity index (χ2v) is 6.38. The first kappa shape index (κ1) is 14.4. The number of carbonyl (C=O) groups is 2. The van der Waals surface area contributed by atoms with Gasteiger partial charge in [-0.3, -0.25) is 9.59 Å². The molecule has 2 aliphatic rings. The summed E-state index contributed by atoms with van der Waals surface area (Å²) in [5, 5.41) is 2.96. The minimum atomic E-state index is -0.675. The molecule has 1 saturated carbocycles. The van der Waals surface area contributed by atoms with Gasteiger partial charge in [-0.1, -0.05) is 27.2 Å². The molecular weight excluding hydrogens is 240 g/mol. The second kappa shape index (κ2) is 5.14. The quantitative estimate of drug-likeness (QED) is 0.826. The van der Waals surface area contributed by atoms with E-state index in [0.717, 1.165) is 19.3 Å². The molecule has 19 heavy (non-hydrogen) atoms. The van der Waals surface area contributed by atoms with Crippen LogP contribution in [0.2, 0.25) is 0 Å². The molecule has 2 amide bonds. The molecule has 3 atom stereocenters. The summed E-state index contributed by atoms with van der Waals surface area (Å²) < 4.78 is 0. The number of rotatable bonds is 5. The summed E-state index contributed by atoms with van der Waals surface area (Å²) in [6.45, 7) is 8.83. The molecule has 0 aromatic heterocycles. The normalized spacial score (nSPS) is 33.3. The third-order valence-corrected chi connectivity index (χ3v) is 4.88. The van der Waals surface area contributed by atoms with Gasteiger partial charge in [0, 0.05) is 6.54 Å². The van der Waals surface area contributed by atoms with Gasteiger partial charge in [0.05, 0.1) is 0 Å². The molecule has 4 heteroatoms. The Labute approximate surface area is 115 Å². The summed E-state index contributed by atoms with van der Waals surface area (Å²) >= 11 is 0. The molecule has 1 saturated heterocycles. The lowest BCUT2D eigenvalue weighted by atomic mass is 9.88. The molecule has 0 aromatic rings. The summed E-state index contributed by atoms with van der Waals surface area (Å²) in [5.74, 6) is 0.958. The first-order valence-electron chi connectivity index (χ1n) is 7.56. The van der Waals surface area contributed by atoms with Crippen molar-refractivity contribution in [1.29, 1.82) is 0 Å². The molecule has 3 unspecified atom stereocenters.